The second-order valence-corrected chi connectivity index (χ2v) is 5.23. The second kappa shape index (κ2) is 9.83. The van der Waals surface area contributed by atoms with Crippen molar-refractivity contribution in [2.24, 2.45) is 0 Å². The first-order chi connectivity index (χ1) is 10.5. The van der Waals surface area contributed by atoms with Gasteiger partial charge in [0, 0.05) is 22.7 Å². The monoisotopic (exact) mass is 310 g/mol. The Hall–Kier alpha value is -2.02. The summed E-state index contributed by atoms with van der Waals surface area (Å²) in [5.74, 6) is 0. The van der Waals surface area contributed by atoms with Gasteiger partial charge in [-0.3, -0.25) is 20.2 Å². The van der Waals surface area contributed by atoms with Crippen molar-refractivity contribution in [2.75, 3.05) is 6.61 Å². The van der Waals surface area contributed by atoms with E-state index in [-0.39, 0.29) is 19.4 Å². The Morgan fingerprint density at radius 2 is 1.64 bits per heavy atom. The van der Waals surface area contributed by atoms with Crippen LogP contribution in [0.1, 0.15) is 38.2 Å². The third kappa shape index (κ3) is 6.62. The lowest BCUT2D eigenvalue weighted by Gasteiger charge is -2.13. The fourth-order valence-electron chi connectivity index (χ4n) is 2.25. The molecule has 0 fully saturated rings. The quantitative estimate of drug-likeness (QED) is 0.355. The molecule has 22 heavy (non-hydrogen) atoms. The summed E-state index contributed by atoms with van der Waals surface area (Å²) in [5, 5.41) is 22.0. The highest BCUT2D eigenvalue weighted by molar-refractivity contribution is 5.13. The molecule has 7 heteroatoms. The highest BCUT2D eigenvalue weighted by atomic mass is 16.6. The zero-order valence-electron chi connectivity index (χ0n) is 12.7. The molecule has 0 heterocycles. The van der Waals surface area contributed by atoms with E-state index in [4.69, 9.17) is 4.74 Å². The van der Waals surface area contributed by atoms with Crippen molar-refractivity contribution in [2.45, 2.75) is 51.3 Å². The topological polar surface area (TPSA) is 95.5 Å². The van der Waals surface area contributed by atoms with Crippen LogP contribution in [-0.2, 0) is 11.3 Å². The Balaban J connectivity index is 2.40. The molecule has 1 aromatic rings. The number of rotatable bonds is 11. The Morgan fingerprint density at radius 1 is 1.05 bits per heavy atom. The van der Waals surface area contributed by atoms with Crippen molar-refractivity contribution in [1.29, 1.82) is 0 Å². The summed E-state index contributed by atoms with van der Waals surface area (Å²) in [6, 6.07) is 7.73. The zero-order chi connectivity index (χ0) is 16.4. The molecule has 0 N–H and O–H groups in total. The predicted octanol–water partition coefficient (Wildman–Crippen LogP) is 3.07. The van der Waals surface area contributed by atoms with Gasteiger partial charge in [0.2, 0.25) is 12.1 Å². The normalized spacial score (nSPS) is 13.5. The summed E-state index contributed by atoms with van der Waals surface area (Å²) < 4.78 is 5.43. The first kappa shape index (κ1) is 18.0. The van der Waals surface area contributed by atoms with E-state index in [1.807, 2.05) is 37.3 Å². The summed E-state index contributed by atoms with van der Waals surface area (Å²) in [6.45, 7) is 2.44. The van der Waals surface area contributed by atoms with E-state index in [2.05, 4.69) is 0 Å². The number of nitro groups is 2. The summed E-state index contributed by atoms with van der Waals surface area (Å²) >= 11 is 0. The van der Waals surface area contributed by atoms with Crippen LogP contribution >= 0.6 is 0 Å². The van der Waals surface area contributed by atoms with E-state index in [0.29, 0.717) is 19.4 Å². The first-order valence-corrected chi connectivity index (χ1v) is 7.43. The maximum Gasteiger partial charge on any atom is 0.221 e. The largest absolute Gasteiger partial charge is 0.377 e. The lowest BCUT2D eigenvalue weighted by Crippen LogP contribution is -2.31. The van der Waals surface area contributed by atoms with E-state index in [0.717, 1.165) is 5.56 Å². The SMILES string of the molecule is CCCC(CC(CCOCc1ccccc1)[N+](=O)[O-])[N+](=O)[O-]. The van der Waals surface area contributed by atoms with Crippen LogP contribution in [0, 0.1) is 20.2 Å². The van der Waals surface area contributed by atoms with Crippen LogP contribution in [0.5, 0.6) is 0 Å². The van der Waals surface area contributed by atoms with Crippen molar-refractivity contribution >= 4 is 0 Å². The molecule has 2 unspecified atom stereocenters. The molecule has 0 aliphatic carbocycles. The molecule has 0 radical (unpaired) electrons. The van der Waals surface area contributed by atoms with E-state index in [1.54, 1.807) is 0 Å². The van der Waals surface area contributed by atoms with Gasteiger partial charge >= 0.3 is 0 Å². The summed E-state index contributed by atoms with van der Waals surface area (Å²) in [5.41, 5.74) is 0.995. The minimum absolute atomic E-state index is 0.0391. The minimum Gasteiger partial charge on any atom is -0.377 e. The van der Waals surface area contributed by atoms with Crippen molar-refractivity contribution in [3.05, 3.63) is 56.1 Å². The number of benzene rings is 1. The lowest BCUT2D eigenvalue weighted by atomic mass is 10.0. The van der Waals surface area contributed by atoms with Gasteiger partial charge in [-0.15, -0.1) is 0 Å². The highest BCUT2D eigenvalue weighted by Crippen LogP contribution is 2.14. The third-order valence-electron chi connectivity index (χ3n) is 3.47. The fraction of sp³-hybridized carbons (Fsp3) is 0.600. The van der Waals surface area contributed by atoms with Crippen molar-refractivity contribution in [3.63, 3.8) is 0 Å². The van der Waals surface area contributed by atoms with Gasteiger partial charge in [-0.1, -0.05) is 37.3 Å². The van der Waals surface area contributed by atoms with Gasteiger partial charge in [-0.2, -0.15) is 0 Å². The average molecular weight is 310 g/mol. The lowest BCUT2D eigenvalue weighted by molar-refractivity contribution is -0.561. The molecule has 0 bridgehead atoms. The summed E-state index contributed by atoms with van der Waals surface area (Å²) in [6.07, 6.45) is 1.15. The molecule has 1 rings (SSSR count). The van der Waals surface area contributed by atoms with Crippen LogP contribution in [-0.4, -0.2) is 28.5 Å². The highest BCUT2D eigenvalue weighted by Gasteiger charge is 2.30. The molecule has 0 amide bonds. The van der Waals surface area contributed by atoms with Crippen LogP contribution < -0.4 is 0 Å². The average Bonchev–Trinajstić information content (AvgIpc) is 2.49. The van der Waals surface area contributed by atoms with Gasteiger partial charge in [0.15, 0.2) is 0 Å². The molecular formula is C15H22N2O5. The molecule has 0 aliphatic heterocycles. The summed E-state index contributed by atoms with van der Waals surface area (Å²) in [4.78, 5) is 21.1. The maximum absolute atomic E-state index is 11.1. The Bertz CT molecular complexity index is 466. The predicted molar refractivity (Wildman–Crippen MR) is 81.8 cm³/mol. The molecule has 122 valence electrons. The molecular weight excluding hydrogens is 288 g/mol. The fourth-order valence-corrected chi connectivity index (χ4v) is 2.25. The van der Waals surface area contributed by atoms with Gasteiger partial charge in [0.25, 0.3) is 0 Å². The zero-order valence-corrected chi connectivity index (χ0v) is 12.7. The van der Waals surface area contributed by atoms with Gasteiger partial charge < -0.3 is 4.74 Å². The van der Waals surface area contributed by atoms with Crippen molar-refractivity contribution < 1.29 is 14.6 Å². The Kier molecular flexibility index (Phi) is 8.06. The maximum atomic E-state index is 11.1. The van der Waals surface area contributed by atoms with Crippen LogP contribution in [0.2, 0.25) is 0 Å². The van der Waals surface area contributed by atoms with Gasteiger partial charge in [0.1, 0.15) is 0 Å². The molecule has 0 aliphatic rings. The van der Waals surface area contributed by atoms with Gasteiger partial charge in [0.05, 0.1) is 19.6 Å². The van der Waals surface area contributed by atoms with Crippen molar-refractivity contribution in [3.8, 4) is 0 Å². The number of ether oxygens (including phenoxy) is 1. The third-order valence-corrected chi connectivity index (χ3v) is 3.47. The van der Waals surface area contributed by atoms with E-state index >= 15 is 0 Å². The first-order valence-electron chi connectivity index (χ1n) is 7.43. The molecule has 7 nitrogen and oxygen atoms in total. The number of nitrogens with zero attached hydrogens (tertiary/aromatic N) is 2. The van der Waals surface area contributed by atoms with Crippen LogP contribution in [0.25, 0.3) is 0 Å². The molecule has 0 aromatic heterocycles. The van der Waals surface area contributed by atoms with E-state index in [9.17, 15) is 20.2 Å². The molecule has 1 aromatic carbocycles. The van der Waals surface area contributed by atoms with Crippen LogP contribution in [0.15, 0.2) is 30.3 Å². The Morgan fingerprint density at radius 3 is 2.18 bits per heavy atom. The summed E-state index contributed by atoms with van der Waals surface area (Å²) in [7, 11) is 0. The van der Waals surface area contributed by atoms with Crippen LogP contribution in [0.3, 0.4) is 0 Å². The molecule has 0 saturated carbocycles. The second-order valence-electron chi connectivity index (χ2n) is 5.23. The number of hydrogen-bond donors (Lipinski definition) is 0. The van der Waals surface area contributed by atoms with Gasteiger partial charge in [-0.25, -0.2) is 0 Å². The molecule has 0 saturated heterocycles. The van der Waals surface area contributed by atoms with Gasteiger partial charge in [-0.05, 0) is 12.0 Å². The van der Waals surface area contributed by atoms with E-state index < -0.39 is 21.9 Å². The standard InChI is InChI=1S/C15H22N2O5/c1-2-6-14(16(18)19)11-15(17(20)21)9-10-22-12-13-7-4-3-5-8-13/h3-5,7-8,14-15H,2,6,9-12H2,1H3. The van der Waals surface area contributed by atoms with E-state index in [1.165, 1.54) is 0 Å². The smallest absolute Gasteiger partial charge is 0.221 e. The minimum atomic E-state index is -0.933. The molecule has 2 atom stereocenters. The molecule has 0 spiro atoms. The van der Waals surface area contributed by atoms with Crippen LogP contribution in [0.4, 0.5) is 0 Å². The Labute approximate surface area is 129 Å². The van der Waals surface area contributed by atoms with Crippen molar-refractivity contribution in [1.82, 2.24) is 0 Å². The number of hydrogen-bond acceptors (Lipinski definition) is 5.